The minimum absolute atomic E-state index is 0.0918. The molecule has 0 rings (SSSR count). The van der Waals surface area contributed by atoms with Crippen LogP contribution in [0.1, 0.15) is 162 Å². The minimum atomic E-state index is -0.871. The van der Waals surface area contributed by atoms with Gasteiger partial charge in [0.1, 0.15) is 0 Å². The maximum absolute atomic E-state index is 12.3. The van der Waals surface area contributed by atoms with Crippen molar-refractivity contribution >= 4 is 5.91 Å². The molecule has 238 valence electrons. The highest BCUT2D eigenvalue weighted by atomic mass is 16.3. The van der Waals surface area contributed by atoms with Crippen molar-refractivity contribution in [2.75, 3.05) is 6.61 Å². The lowest BCUT2D eigenvalue weighted by Gasteiger charge is -2.19. The number of aliphatic hydroxyl groups is 2. The number of unbranched alkanes of at least 4 members (excludes halogenated alkanes) is 17. The van der Waals surface area contributed by atoms with Crippen LogP contribution in [0.15, 0.2) is 48.6 Å². The van der Waals surface area contributed by atoms with Gasteiger partial charge in [0.05, 0.1) is 18.8 Å². The molecule has 1 amide bonds. The first kappa shape index (κ1) is 39.4. The highest BCUT2D eigenvalue weighted by Crippen LogP contribution is 2.10. The van der Waals surface area contributed by atoms with Crippen LogP contribution in [-0.2, 0) is 4.79 Å². The van der Waals surface area contributed by atoms with Gasteiger partial charge in [-0.15, -0.1) is 0 Å². The van der Waals surface area contributed by atoms with Crippen LogP contribution in [0.5, 0.6) is 0 Å². The standard InChI is InChI=1S/C37H67NO3/c1-3-5-7-9-11-13-15-17-18-19-20-21-22-24-26-28-30-32-36(40)35(34-39)38-37(41)33-31-29-27-25-23-16-14-12-10-8-6-4-2/h12,14,18-19,22,24,30,32,35-36,39-40H,3-11,13,15-17,20-21,23,25-29,31,33-34H2,1-2H3,(H,38,41)/b14-12-,19-18+,24-22+,32-30+. The quantitative estimate of drug-likeness (QED) is 0.0591. The first-order valence-corrected chi connectivity index (χ1v) is 17.4. The van der Waals surface area contributed by atoms with E-state index in [2.05, 4.69) is 55.6 Å². The van der Waals surface area contributed by atoms with Crippen molar-refractivity contribution in [1.82, 2.24) is 5.32 Å². The summed E-state index contributed by atoms with van der Waals surface area (Å²) < 4.78 is 0. The molecule has 0 spiro atoms. The second kappa shape index (κ2) is 32.9. The van der Waals surface area contributed by atoms with Gasteiger partial charge in [-0.3, -0.25) is 4.79 Å². The van der Waals surface area contributed by atoms with Gasteiger partial charge in [-0.2, -0.15) is 0 Å². The van der Waals surface area contributed by atoms with E-state index in [1.807, 2.05) is 6.08 Å². The Morgan fingerprint density at radius 1 is 0.561 bits per heavy atom. The lowest BCUT2D eigenvalue weighted by Crippen LogP contribution is -2.45. The van der Waals surface area contributed by atoms with Crippen LogP contribution in [0.4, 0.5) is 0 Å². The third-order valence-corrected chi connectivity index (χ3v) is 7.51. The van der Waals surface area contributed by atoms with E-state index in [0.717, 1.165) is 51.4 Å². The summed E-state index contributed by atoms with van der Waals surface area (Å²) in [5, 5.41) is 22.8. The van der Waals surface area contributed by atoms with E-state index in [-0.39, 0.29) is 12.5 Å². The molecule has 0 aromatic carbocycles. The van der Waals surface area contributed by atoms with E-state index in [0.29, 0.717) is 6.42 Å². The third-order valence-electron chi connectivity index (χ3n) is 7.51. The highest BCUT2D eigenvalue weighted by molar-refractivity contribution is 5.76. The molecule has 0 saturated carbocycles. The number of allylic oxidation sites excluding steroid dienone is 7. The zero-order valence-electron chi connectivity index (χ0n) is 27.0. The average Bonchev–Trinajstić information content (AvgIpc) is 2.97. The van der Waals surface area contributed by atoms with Crippen molar-refractivity contribution in [3.05, 3.63) is 48.6 Å². The summed E-state index contributed by atoms with van der Waals surface area (Å²) in [5.41, 5.74) is 0. The molecule has 0 aliphatic carbocycles. The molecule has 4 nitrogen and oxygen atoms in total. The van der Waals surface area contributed by atoms with Gasteiger partial charge in [-0.1, -0.05) is 133 Å². The number of rotatable bonds is 30. The predicted molar refractivity (Wildman–Crippen MR) is 179 cm³/mol. The predicted octanol–water partition coefficient (Wildman–Crippen LogP) is 10.1. The van der Waals surface area contributed by atoms with Crippen LogP contribution < -0.4 is 5.32 Å². The first-order chi connectivity index (χ1) is 20.2. The molecule has 3 N–H and O–H groups in total. The summed E-state index contributed by atoms with van der Waals surface area (Å²) in [4.78, 5) is 12.3. The third kappa shape index (κ3) is 29.6. The molecular weight excluding hydrogens is 506 g/mol. The van der Waals surface area contributed by atoms with Crippen LogP contribution in [-0.4, -0.2) is 34.9 Å². The first-order valence-electron chi connectivity index (χ1n) is 17.4. The molecule has 4 heteroatoms. The Hall–Kier alpha value is -1.65. The molecule has 0 saturated heterocycles. The zero-order chi connectivity index (χ0) is 30.1. The van der Waals surface area contributed by atoms with E-state index in [4.69, 9.17) is 0 Å². The normalized spacial score (nSPS) is 13.8. The van der Waals surface area contributed by atoms with E-state index in [1.54, 1.807) is 6.08 Å². The molecule has 0 radical (unpaired) electrons. The van der Waals surface area contributed by atoms with Gasteiger partial charge in [0.2, 0.25) is 5.91 Å². The van der Waals surface area contributed by atoms with Crippen LogP contribution in [0, 0.1) is 0 Å². The molecule has 0 fully saturated rings. The zero-order valence-corrected chi connectivity index (χ0v) is 27.0. The summed E-state index contributed by atoms with van der Waals surface area (Å²) >= 11 is 0. The number of nitrogens with one attached hydrogen (secondary N) is 1. The van der Waals surface area contributed by atoms with Crippen molar-refractivity contribution in [3.8, 4) is 0 Å². The Morgan fingerprint density at radius 2 is 0.951 bits per heavy atom. The number of amides is 1. The topological polar surface area (TPSA) is 69.6 Å². The van der Waals surface area contributed by atoms with Crippen LogP contribution >= 0.6 is 0 Å². The fourth-order valence-electron chi connectivity index (χ4n) is 4.79. The van der Waals surface area contributed by atoms with Crippen molar-refractivity contribution in [3.63, 3.8) is 0 Å². The Labute approximate surface area is 254 Å². The Kier molecular flexibility index (Phi) is 31.5. The fourth-order valence-corrected chi connectivity index (χ4v) is 4.79. The van der Waals surface area contributed by atoms with E-state index >= 15 is 0 Å². The molecule has 0 heterocycles. The van der Waals surface area contributed by atoms with E-state index < -0.39 is 12.1 Å². The van der Waals surface area contributed by atoms with Crippen LogP contribution in [0.25, 0.3) is 0 Å². The maximum atomic E-state index is 12.3. The molecular formula is C37H67NO3. The van der Waals surface area contributed by atoms with Gasteiger partial charge in [0.15, 0.2) is 0 Å². The van der Waals surface area contributed by atoms with Crippen LogP contribution in [0.3, 0.4) is 0 Å². The number of aliphatic hydroxyl groups excluding tert-OH is 2. The van der Waals surface area contributed by atoms with Crippen molar-refractivity contribution in [1.29, 1.82) is 0 Å². The molecule has 0 bridgehead atoms. The Balaban J connectivity index is 3.76. The summed E-state index contributed by atoms with van der Waals surface area (Å²) in [7, 11) is 0. The fraction of sp³-hybridized carbons (Fsp3) is 0.757. The molecule has 0 aliphatic rings. The molecule has 0 aromatic heterocycles. The molecule has 0 aliphatic heterocycles. The minimum Gasteiger partial charge on any atom is -0.394 e. The SMILES string of the molecule is CCCCC/C=C\CCCCCCCC(=O)NC(CO)C(O)/C=C/CC/C=C/CC/C=C/CCCCCCCCC. The van der Waals surface area contributed by atoms with E-state index in [1.165, 1.54) is 89.9 Å². The second-order valence-corrected chi connectivity index (χ2v) is 11.6. The van der Waals surface area contributed by atoms with Gasteiger partial charge in [0.25, 0.3) is 0 Å². The van der Waals surface area contributed by atoms with Crippen molar-refractivity contribution < 1.29 is 15.0 Å². The Morgan fingerprint density at radius 3 is 1.46 bits per heavy atom. The second-order valence-electron chi connectivity index (χ2n) is 11.6. The van der Waals surface area contributed by atoms with Gasteiger partial charge >= 0.3 is 0 Å². The van der Waals surface area contributed by atoms with E-state index in [9.17, 15) is 15.0 Å². The number of hydrogen-bond donors (Lipinski definition) is 3. The molecule has 41 heavy (non-hydrogen) atoms. The smallest absolute Gasteiger partial charge is 0.220 e. The summed E-state index contributed by atoms with van der Waals surface area (Å²) in [6.07, 6.45) is 43.3. The van der Waals surface area contributed by atoms with Gasteiger partial charge in [0, 0.05) is 6.42 Å². The highest BCUT2D eigenvalue weighted by Gasteiger charge is 2.17. The Bertz CT molecular complexity index is 667. The van der Waals surface area contributed by atoms with Gasteiger partial charge in [-0.05, 0) is 70.6 Å². The lowest BCUT2D eigenvalue weighted by atomic mass is 10.1. The van der Waals surface area contributed by atoms with Crippen molar-refractivity contribution in [2.24, 2.45) is 0 Å². The average molecular weight is 574 g/mol. The molecule has 2 unspecified atom stereocenters. The van der Waals surface area contributed by atoms with Crippen molar-refractivity contribution in [2.45, 2.75) is 174 Å². The molecule has 0 aromatic rings. The number of carbonyl (C=O) groups excluding carboxylic acids is 1. The van der Waals surface area contributed by atoms with Gasteiger partial charge in [-0.25, -0.2) is 0 Å². The number of hydrogen-bond acceptors (Lipinski definition) is 3. The number of carbonyl (C=O) groups is 1. The van der Waals surface area contributed by atoms with Gasteiger partial charge < -0.3 is 15.5 Å². The lowest BCUT2D eigenvalue weighted by molar-refractivity contribution is -0.123. The summed E-state index contributed by atoms with van der Waals surface area (Å²) in [6.45, 7) is 4.23. The largest absolute Gasteiger partial charge is 0.394 e. The summed E-state index contributed by atoms with van der Waals surface area (Å²) in [5.74, 6) is -0.0918. The molecule has 2 atom stereocenters. The maximum Gasteiger partial charge on any atom is 0.220 e. The summed E-state index contributed by atoms with van der Waals surface area (Å²) in [6, 6.07) is -0.647. The van der Waals surface area contributed by atoms with Crippen LogP contribution in [0.2, 0.25) is 0 Å². The monoisotopic (exact) mass is 574 g/mol.